The van der Waals surface area contributed by atoms with E-state index in [4.69, 9.17) is 12.2 Å². The van der Waals surface area contributed by atoms with Crippen molar-refractivity contribution in [2.75, 3.05) is 6.54 Å². The molecule has 0 aliphatic carbocycles. The molecule has 3 amide bonds. The topological polar surface area (TPSA) is 90.5 Å². The summed E-state index contributed by atoms with van der Waals surface area (Å²) in [5.74, 6) is -1.30. The first-order valence-electron chi connectivity index (χ1n) is 9.32. The average molecular weight is 489 g/mol. The van der Waals surface area contributed by atoms with Crippen molar-refractivity contribution < 1.29 is 14.4 Å². The van der Waals surface area contributed by atoms with Gasteiger partial charge in [0, 0.05) is 29.5 Å². The number of carbonyl (C=O) groups excluding carboxylic acids is 3. The quantitative estimate of drug-likeness (QED) is 0.454. The second kappa shape index (κ2) is 9.82. The number of benzene rings is 2. The number of thiocarbonyl (C=S) groups is 1. The van der Waals surface area contributed by atoms with Crippen molar-refractivity contribution in [1.82, 2.24) is 21.1 Å². The standard InChI is InChI=1S/C21H21BrN4O3S/c1-13-7-8-15(9-17(13)22)19(28)23-21(30)25-24-20(29)16-10-18(27)26(12-16)11-14-5-3-2-4-6-14/h2-9,16H,10-12H2,1H3,(H,24,29)(H2,23,25,28,30). The lowest BCUT2D eigenvalue weighted by Crippen LogP contribution is -2.50. The highest BCUT2D eigenvalue weighted by atomic mass is 79.9. The van der Waals surface area contributed by atoms with Gasteiger partial charge >= 0.3 is 0 Å². The number of halogens is 1. The minimum atomic E-state index is -0.486. The van der Waals surface area contributed by atoms with Crippen LogP contribution in [0.3, 0.4) is 0 Å². The number of nitrogens with one attached hydrogen (secondary N) is 3. The van der Waals surface area contributed by atoms with E-state index in [2.05, 4.69) is 32.1 Å². The number of carbonyl (C=O) groups is 3. The van der Waals surface area contributed by atoms with E-state index in [9.17, 15) is 14.4 Å². The number of nitrogens with zero attached hydrogens (tertiary/aromatic N) is 1. The zero-order valence-corrected chi connectivity index (χ0v) is 18.7. The molecule has 3 N–H and O–H groups in total. The highest BCUT2D eigenvalue weighted by Crippen LogP contribution is 2.20. The number of aryl methyl sites for hydroxylation is 1. The smallest absolute Gasteiger partial charge is 0.257 e. The first-order chi connectivity index (χ1) is 14.3. The SMILES string of the molecule is Cc1ccc(C(=O)NC(=S)NNC(=O)C2CC(=O)N(Cc3ccccc3)C2)cc1Br. The Balaban J connectivity index is 1.46. The molecule has 1 saturated heterocycles. The van der Waals surface area contributed by atoms with Crippen LogP contribution in [0.2, 0.25) is 0 Å². The maximum absolute atomic E-state index is 12.4. The third-order valence-corrected chi connectivity index (χ3v) is 5.82. The van der Waals surface area contributed by atoms with Crippen LogP contribution >= 0.6 is 28.1 Å². The van der Waals surface area contributed by atoms with Gasteiger partial charge in [0.05, 0.1) is 5.92 Å². The fraction of sp³-hybridized carbons (Fsp3) is 0.238. The van der Waals surface area contributed by atoms with E-state index in [1.165, 1.54) is 0 Å². The molecule has 1 heterocycles. The second-order valence-corrected chi connectivity index (χ2v) is 8.28. The molecule has 9 heteroatoms. The molecule has 0 spiro atoms. The lowest BCUT2D eigenvalue weighted by atomic mass is 10.1. The molecular weight excluding hydrogens is 468 g/mol. The van der Waals surface area contributed by atoms with Gasteiger partial charge in [-0.15, -0.1) is 0 Å². The highest BCUT2D eigenvalue weighted by molar-refractivity contribution is 9.10. The summed E-state index contributed by atoms with van der Waals surface area (Å²) in [5.41, 5.74) is 7.45. The Bertz CT molecular complexity index is 983. The number of hydrogen-bond acceptors (Lipinski definition) is 4. The molecule has 1 aliphatic rings. The maximum Gasteiger partial charge on any atom is 0.257 e. The van der Waals surface area contributed by atoms with Crippen LogP contribution in [0.5, 0.6) is 0 Å². The summed E-state index contributed by atoms with van der Waals surface area (Å²) in [6, 6.07) is 14.8. The molecule has 1 atom stereocenters. The molecule has 0 bridgehead atoms. The Morgan fingerprint density at radius 2 is 1.90 bits per heavy atom. The lowest BCUT2D eigenvalue weighted by Gasteiger charge is -2.17. The predicted molar refractivity (Wildman–Crippen MR) is 120 cm³/mol. The van der Waals surface area contributed by atoms with E-state index in [1.54, 1.807) is 17.0 Å². The Morgan fingerprint density at radius 3 is 2.60 bits per heavy atom. The monoisotopic (exact) mass is 488 g/mol. The third kappa shape index (κ3) is 5.64. The summed E-state index contributed by atoms with van der Waals surface area (Å²) in [4.78, 5) is 38.5. The van der Waals surface area contributed by atoms with E-state index in [1.807, 2.05) is 43.3 Å². The van der Waals surface area contributed by atoms with E-state index in [0.29, 0.717) is 18.7 Å². The molecule has 1 unspecified atom stereocenters. The molecule has 0 aromatic heterocycles. The van der Waals surface area contributed by atoms with E-state index in [0.717, 1.165) is 15.6 Å². The Hall–Kier alpha value is -2.78. The summed E-state index contributed by atoms with van der Waals surface area (Å²) in [5, 5.41) is 2.48. The molecule has 3 rings (SSSR count). The highest BCUT2D eigenvalue weighted by Gasteiger charge is 2.34. The average Bonchev–Trinajstić information content (AvgIpc) is 3.09. The summed E-state index contributed by atoms with van der Waals surface area (Å²) >= 11 is 8.45. The molecule has 1 aliphatic heterocycles. The number of amides is 3. The molecular formula is C21H21BrN4O3S. The van der Waals surface area contributed by atoms with Gasteiger partial charge in [0.1, 0.15) is 0 Å². The van der Waals surface area contributed by atoms with Gasteiger partial charge in [0.2, 0.25) is 11.8 Å². The van der Waals surface area contributed by atoms with Crippen molar-refractivity contribution in [2.45, 2.75) is 19.9 Å². The number of hydrazine groups is 1. The van der Waals surface area contributed by atoms with Crippen LogP contribution in [0.4, 0.5) is 0 Å². The van der Waals surface area contributed by atoms with E-state index >= 15 is 0 Å². The van der Waals surface area contributed by atoms with Crippen LogP contribution in [0.25, 0.3) is 0 Å². The Kier molecular flexibility index (Phi) is 7.17. The van der Waals surface area contributed by atoms with Crippen LogP contribution < -0.4 is 16.2 Å². The number of likely N-dealkylation sites (tertiary alicyclic amines) is 1. The van der Waals surface area contributed by atoms with Gasteiger partial charge in [0.25, 0.3) is 5.91 Å². The molecule has 0 saturated carbocycles. The van der Waals surface area contributed by atoms with Crippen molar-refractivity contribution in [1.29, 1.82) is 0 Å². The first kappa shape index (κ1) is 21.9. The zero-order valence-electron chi connectivity index (χ0n) is 16.3. The molecule has 2 aromatic carbocycles. The maximum atomic E-state index is 12.4. The minimum absolute atomic E-state index is 0.0319. The second-order valence-electron chi connectivity index (χ2n) is 7.02. The van der Waals surface area contributed by atoms with Gasteiger partial charge in [-0.1, -0.05) is 52.3 Å². The van der Waals surface area contributed by atoms with Gasteiger partial charge in [-0.05, 0) is 42.4 Å². The van der Waals surface area contributed by atoms with Crippen LogP contribution in [-0.4, -0.2) is 34.3 Å². The molecule has 30 heavy (non-hydrogen) atoms. The molecule has 0 radical (unpaired) electrons. The summed E-state index contributed by atoms with van der Waals surface area (Å²) in [6.45, 7) is 2.72. The molecule has 156 valence electrons. The Morgan fingerprint density at radius 1 is 1.17 bits per heavy atom. The van der Waals surface area contributed by atoms with Gasteiger partial charge in [-0.3, -0.25) is 30.6 Å². The van der Waals surface area contributed by atoms with Gasteiger partial charge in [-0.2, -0.15) is 0 Å². The van der Waals surface area contributed by atoms with Gasteiger partial charge in [-0.25, -0.2) is 0 Å². The lowest BCUT2D eigenvalue weighted by molar-refractivity contribution is -0.129. The largest absolute Gasteiger partial charge is 0.338 e. The van der Waals surface area contributed by atoms with Gasteiger partial charge in [0.15, 0.2) is 5.11 Å². The Labute approximate surface area is 188 Å². The van der Waals surface area contributed by atoms with Crippen molar-refractivity contribution in [3.05, 3.63) is 69.7 Å². The molecule has 2 aromatic rings. The van der Waals surface area contributed by atoms with E-state index in [-0.39, 0.29) is 23.3 Å². The first-order valence-corrected chi connectivity index (χ1v) is 10.5. The zero-order chi connectivity index (χ0) is 21.7. The van der Waals surface area contributed by atoms with E-state index < -0.39 is 11.8 Å². The predicted octanol–water partition coefficient (Wildman–Crippen LogP) is 2.44. The third-order valence-electron chi connectivity index (χ3n) is 4.76. The molecule has 1 fully saturated rings. The van der Waals surface area contributed by atoms with Crippen LogP contribution in [-0.2, 0) is 16.1 Å². The fourth-order valence-electron chi connectivity index (χ4n) is 3.07. The molecule has 7 nitrogen and oxygen atoms in total. The van der Waals surface area contributed by atoms with Crippen molar-refractivity contribution in [2.24, 2.45) is 5.92 Å². The minimum Gasteiger partial charge on any atom is -0.338 e. The van der Waals surface area contributed by atoms with Crippen molar-refractivity contribution in [3.8, 4) is 0 Å². The van der Waals surface area contributed by atoms with Crippen LogP contribution in [0, 0.1) is 12.8 Å². The van der Waals surface area contributed by atoms with Crippen LogP contribution in [0.1, 0.15) is 27.9 Å². The summed E-state index contributed by atoms with van der Waals surface area (Å²) < 4.78 is 0.813. The summed E-state index contributed by atoms with van der Waals surface area (Å²) in [6.07, 6.45) is 0.136. The van der Waals surface area contributed by atoms with Crippen LogP contribution in [0.15, 0.2) is 53.0 Å². The summed E-state index contributed by atoms with van der Waals surface area (Å²) in [7, 11) is 0. The number of rotatable bonds is 4. The fourth-order valence-corrected chi connectivity index (χ4v) is 3.59. The van der Waals surface area contributed by atoms with Crippen molar-refractivity contribution in [3.63, 3.8) is 0 Å². The van der Waals surface area contributed by atoms with Crippen molar-refractivity contribution >= 4 is 51.0 Å². The van der Waals surface area contributed by atoms with Gasteiger partial charge < -0.3 is 4.90 Å². The number of hydrogen-bond donors (Lipinski definition) is 3. The normalized spacial score (nSPS) is 15.6.